The quantitative estimate of drug-likeness (QED) is 0.754. The largest absolute Gasteiger partial charge is 0.382 e. The summed E-state index contributed by atoms with van der Waals surface area (Å²) < 4.78 is 2.36. The number of para-hydroxylation sites is 1. The number of aromatic nitrogens is 3. The zero-order valence-electron chi connectivity index (χ0n) is 11.4. The minimum Gasteiger partial charge on any atom is -0.382 e. The van der Waals surface area contributed by atoms with Crippen LogP contribution >= 0.6 is 15.9 Å². The summed E-state index contributed by atoms with van der Waals surface area (Å²) >= 11 is 3.34. The van der Waals surface area contributed by atoms with Crippen LogP contribution in [0.1, 0.15) is 10.5 Å². The van der Waals surface area contributed by atoms with E-state index in [1.807, 2.05) is 42.5 Å². The molecule has 0 atom stereocenters. The van der Waals surface area contributed by atoms with E-state index in [4.69, 9.17) is 5.73 Å². The zero-order valence-corrected chi connectivity index (χ0v) is 13.0. The molecule has 0 spiro atoms. The van der Waals surface area contributed by atoms with E-state index < -0.39 is 5.91 Å². The van der Waals surface area contributed by atoms with E-state index in [9.17, 15) is 4.79 Å². The number of nitrogens with two attached hydrogens (primary N) is 1. The first-order valence-corrected chi connectivity index (χ1v) is 7.28. The lowest BCUT2D eigenvalue weighted by molar-refractivity contribution is 0.102. The fourth-order valence-corrected chi connectivity index (χ4v) is 2.20. The number of nitrogen functional groups attached to an aromatic ring is 1. The molecule has 0 unspecified atom stereocenters. The smallest absolute Gasteiger partial charge is 0.280 e. The van der Waals surface area contributed by atoms with E-state index in [0.29, 0.717) is 5.69 Å². The average Bonchev–Trinajstić information content (AvgIpc) is 2.92. The molecule has 1 aromatic heterocycles. The number of hydrogen-bond donors (Lipinski definition) is 2. The van der Waals surface area contributed by atoms with Crippen molar-refractivity contribution in [2.24, 2.45) is 0 Å². The van der Waals surface area contributed by atoms with Crippen molar-refractivity contribution in [2.45, 2.75) is 0 Å². The molecule has 0 saturated heterocycles. The van der Waals surface area contributed by atoms with Gasteiger partial charge in [-0.3, -0.25) is 4.79 Å². The van der Waals surface area contributed by atoms with Crippen molar-refractivity contribution in [3.8, 4) is 5.69 Å². The number of benzene rings is 2. The van der Waals surface area contributed by atoms with Crippen LogP contribution in [0, 0.1) is 0 Å². The van der Waals surface area contributed by atoms with Gasteiger partial charge in [0.15, 0.2) is 11.5 Å². The molecular formula is C15H12BrN5O. The molecule has 1 heterocycles. The number of carbonyl (C=O) groups is 1. The molecule has 0 fully saturated rings. The number of carbonyl (C=O) groups excluding carboxylic acids is 1. The maximum Gasteiger partial charge on any atom is 0.280 e. The van der Waals surface area contributed by atoms with Gasteiger partial charge in [0.05, 0.1) is 5.69 Å². The second-order valence-electron chi connectivity index (χ2n) is 4.53. The summed E-state index contributed by atoms with van der Waals surface area (Å²) in [6.07, 6.45) is 0. The Morgan fingerprint density at radius 3 is 2.45 bits per heavy atom. The van der Waals surface area contributed by atoms with Crippen molar-refractivity contribution in [2.75, 3.05) is 11.1 Å². The van der Waals surface area contributed by atoms with Crippen LogP contribution in [0.3, 0.4) is 0 Å². The van der Waals surface area contributed by atoms with Crippen molar-refractivity contribution in [1.82, 2.24) is 15.0 Å². The highest BCUT2D eigenvalue weighted by Crippen LogP contribution is 2.18. The fraction of sp³-hybridized carbons (Fsp3) is 0. The summed E-state index contributed by atoms with van der Waals surface area (Å²) in [5.74, 6) is -0.206. The molecule has 110 valence electrons. The van der Waals surface area contributed by atoms with E-state index in [1.54, 1.807) is 12.1 Å². The predicted molar refractivity (Wildman–Crippen MR) is 87.9 cm³/mol. The molecule has 0 bridgehead atoms. The number of nitrogens with one attached hydrogen (secondary N) is 1. The third-order valence-electron chi connectivity index (χ3n) is 3.02. The number of rotatable bonds is 3. The van der Waals surface area contributed by atoms with Crippen molar-refractivity contribution < 1.29 is 4.79 Å². The summed E-state index contributed by atoms with van der Waals surface area (Å²) in [6, 6.07) is 16.5. The molecule has 0 aliphatic carbocycles. The first kappa shape index (κ1) is 14.3. The normalized spacial score (nSPS) is 10.4. The second kappa shape index (κ2) is 5.98. The topological polar surface area (TPSA) is 85.8 Å². The molecule has 3 rings (SSSR count). The van der Waals surface area contributed by atoms with Gasteiger partial charge in [0.2, 0.25) is 0 Å². The van der Waals surface area contributed by atoms with Crippen molar-refractivity contribution >= 4 is 33.3 Å². The van der Waals surface area contributed by atoms with Crippen LogP contribution in [-0.2, 0) is 0 Å². The van der Waals surface area contributed by atoms with Crippen LogP contribution in [0.5, 0.6) is 0 Å². The number of nitrogens with zero attached hydrogens (tertiary/aromatic N) is 3. The zero-order chi connectivity index (χ0) is 15.5. The average molecular weight is 358 g/mol. The summed E-state index contributed by atoms with van der Waals surface area (Å²) in [4.78, 5) is 12.2. The Morgan fingerprint density at radius 1 is 1.09 bits per heavy atom. The van der Waals surface area contributed by atoms with Crippen LogP contribution in [0.2, 0.25) is 0 Å². The first-order valence-electron chi connectivity index (χ1n) is 6.48. The van der Waals surface area contributed by atoms with Crippen LogP contribution in [0.4, 0.5) is 11.5 Å². The van der Waals surface area contributed by atoms with Crippen LogP contribution < -0.4 is 11.1 Å². The lowest BCUT2D eigenvalue weighted by Gasteiger charge is -2.05. The van der Waals surface area contributed by atoms with Gasteiger partial charge in [-0.1, -0.05) is 39.3 Å². The van der Waals surface area contributed by atoms with Crippen molar-refractivity contribution in [3.05, 3.63) is 64.8 Å². The maximum absolute atomic E-state index is 12.2. The minimum atomic E-state index is -0.401. The Bertz CT molecular complexity index is 799. The van der Waals surface area contributed by atoms with Gasteiger partial charge in [-0.05, 0) is 36.4 Å². The number of hydrogen-bond acceptors (Lipinski definition) is 4. The Morgan fingerprint density at radius 2 is 1.77 bits per heavy atom. The molecular weight excluding hydrogens is 346 g/mol. The fourth-order valence-electron chi connectivity index (χ4n) is 1.93. The molecule has 7 heteroatoms. The standard InChI is InChI=1S/C15H12BrN5O/c16-10-6-8-11(9-7-10)18-15(22)13-14(17)21(20-19-13)12-4-2-1-3-5-12/h1-9H,17H2,(H,18,22). The van der Waals surface area contributed by atoms with E-state index in [1.165, 1.54) is 4.68 Å². The third-order valence-corrected chi connectivity index (χ3v) is 3.55. The highest BCUT2D eigenvalue weighted by Gasteiger charge is 2.18. The molecule has 0 aliphatic rings. The van der Waals surface area contributed by atoms with E-state index >= 15 is 0 Å². The Balaban J connectivity index is 1.85. The summed E-state index contributed by atoms with van der Waals surface area (Å²) in [5.41, 5.74) is 7.47. The van der Waals surface area contributed by atoms with Gasteiger partial charge in [0, 0.05) is 10.2 Å². The molecule has 0 radical (unpaired) electrons. The Hall–Kier alpha value is -2.67. The van der Waals surface area contributed by atoms with Gasteiger partial charge in [-0.2, -0.15) is 4.68 Å². The predicted octanol–water partition coefficient (Wildman–Crippen LogP) is 2.86. The van der Waals surface area contributed by atoms with Crippen LogP contribution in [0.15, 0.2) is 59.1 Å². The lowest BCUT2D eigenvalue weighted by Crippen LogP contribution is -2.15. The van der Waals surface area contributed by atoms with E-state index in [2.05, 4.69) is 31.6 Å². The molecule has 22 heavy (non-hydrogen) atoms. The summed E-state index contributed by atoms with van der Waals surface area (Å²) in [6.45, 7) is 0. The van der Waals surface area contributed by atoms with Gasteiger partial charge in [-0.15, -0.1) is 5.10 Å². The van der Waals surface area contributed by atoms with Crippen molar-refractivity contribution in [3.63, 3.8) is 0 Å². The van der Waals surface area contributed by atoms with Crippen molar-refractivity contribution in [1.29, 1.82) is 0 Å². The number of anilines is 2. The highest BCUT2D eigenvalue weighted by molar-refractivity contribution is 9.10. The van der Waals surface area contributed by atoms with Gasteiger partial charge in [0.1, 0.15) is 0 Å². The number of amides is 1. The SMILES string of the molecule is Nc1c(C(=O)Nc2ccc(Br)cc2)nnn1-c1ccccc1. The number of halogens is 1. The molecule has 3 N–H and O–H groups in total. The highest BCUT2D eigenvalue weighted by atomic mass is 79.9. The molecule has 0 aliphatic heterocycles. The van der Waals surface area contributed by atoms with Gasteiger partial charge in [0.25, 0.3) is 5.91 Å². The molecule has 1 amide bonds. The molecule has 3 aromatic rings. The monoisotopic (exact) mass is 357 g/mol. The van der Waals surface area contributed by atoms with Gasteiger partial charge in [-0.25, -0.2) is 0 Å². The molecule has 0 saturated carbocycles. The molecule has 6 nitrogen and oxygen atoms in total. The van der Waals surface area contributed by atoms with E-state index in [0.717, 1.165) is 10.2 Å². The van der Waals surface area contributed by atoms with Gasteiger partial charge < -0.3 is 11.1 Å². The van der Waals surface area contributed by atoms with E-state index in [-0.39, 0.29) is 11.5 Å². The second-order valence-corrected chi connectivity index (χ2v) is 5.45. The minimum absolute atomic E-state index is 0.0896. The van der Waals surface area contributed by atoms with Crippen LogP contribution in [0.25, 0.3) is 5.69 Å². The van der Waals surface area contributed by atoms with Gasteiger partial charge >= 0.3 is 0 Å². The third kappa shape index (κ3) is 2.84. The first-order chi connectivity index (χ1) is 10.6. The maximum atomic E-state index is 12.2. The van der Waals surface area contributed by atoms with Crippen LogP contribution in [-0.4, -0.2) is 20.9 Å². The summed E-state index contributed by atoms with van der Waals surface area (Å²) in [7, 11) is 0. The summed E-state index contributed by atoms with van der Waals surface area (Å²) in [5, 5.41) is 10.5. The Labute approximate surface area is 135 Å². The Kier molecular flexibility index (Phi) is 3.88. The molecule has 2 aromatic carbocycles. The lowest BCUT2D eigenvalue weighted by atomic mass is 10.3.